The molecule has 0 aliphatic rings. The molecular formula is C17H29N3O. The molecule has 0 aliphatic heterocycles. The third-order valence-electron chi connectivity index (χ3n) is 3.51. The number of hydrogen-bond acceptors (Lipinski definition) is 3. The lowest BCUT2D eigenvalue weighted by Crippen LogP contribution is -2.29. The fourth-order valence-electron chi connectivity index (χ4n) is 2.15. The van der Waals surface area contributed by atoms with Crippen molar-refractivity contribution in [2.24, 2.45) is 0 Å². The minimum atomic E-state index is 0.0674. The molecule has 1 aromatic carbocycles. The molecule has 118 valence electrons. The summed E-state index contributed by atoms with van der Waals surface area (Å²) in [5.74, 6) is 0.0674. The number of rotatable bonds is 10. The number of nitrogens with zero attached hydrogens (tertiary/aromatic N) is 1. The predicted molar refractivity (Wildman–Crippen MR) is 90.4 cm³/mol. The number of unbranched alkanes of at least 4 members (excludes halogenated alkanes) is 2. The number of carbonyl (C=O) groups excluding carboxylic acids is 1. The molecule has 4 heteroatoms. The first-order chi connectivity index (χ1) is 10.2. The molecule has 0 radical (unpaired) electrons. The van der Waals surface area contributed by atoms with Crippen LogP contribution in [0.4, 0.5) is 11.4 Å². The van der Waals surface area contributed by atoms with Gasteiger partial charge in [0.25, 0.3) is 0 Å². The van der Waals surface area contributed by atoms with Crippen LogP contribution in [0.3, 0.4) is 0 Å². The van der Waals surface area contributed by atoms with Gasteiger partial charge in [0.2, 0.25) is 5.91 Å². The van der Waals surface area contributed by atoms with Gasteiger partial charge < -0.3 is 16.0 Å². The zero-order chi connectivity index (χ0) is 15.5. The minimum absolute atomic E-state index is 0.0674. The van der Waals surface area contributed by atoms with Crippen molar-refractivity contribution >= 4 is 17.3 Å². The van der Waals surface area contributed by atoms with E-state index in [1.165, 1.54) is 25.7 Å². The highest BCUT2D eigenvalue weighted by Crippen LogP contribution is 2.11. The summed E-state index contributed by atoms with van der Waals surface area (Å²) in [4.78, 5) is 14.4. The van der Waals surface area contributed by atoms with Crippen LogP contribution in [-0.2, 0) is 4.79 Å². The Labute approximate surface area is 128 Å². The lowest BCUT2D eigenvalue weighted by atomic mass is 10.2. The first-order valence-electron chi connectivity index (χ1n) is 8.03. The van der Waals surface area contributed by atoms with Crippen molar-refractivity contribution in [3.63, 3.8) is 0 Å². The quantitative estimate of drug-likeness (QED) is 0.649. The van der Waals surface area contributed by atoms with Crippen LogP contribution in [0.2, 0.25) is 0 Å². The zero-order valence-electron chi connectivity index (χ0n) is 13.4. The molecule has 21 heavy (non-hydrogen) atoms. The molecule has 0 saturated carbocycles. The van der Waals surface area contributed by atoms with E-state index >= 15 is 0 Å². The SMILES string of the molecule is CCCCN(CCCC)CCC(=O)Nc1ccc(N)cc1. The van der Waals surface area contributed by atoms with E-state index in [9.17, 15) is 4.79 Å². The summed E-state index contributed by atoms with van der Waals surface area (Å²) in [6.45, 7) is 7.41. The van der Waals surface area contributed by atoms with Gasteiger partial charge in [-0.25, -0.2) is 0 Å². The van der Waals surface area contributed by atoms with Gasteiger partial charge in [0.15, 0.2) is 0 Å². The Balaban J connectivity index is 2.35. The van der Waals surface area contributed by atoms with E-state index in [0.29, 0.717) is 12.1 Å². The van der Waals surface area contributed by atoms with Gasteiger partial charge >= 0.3 is 0 Å². The summed E-state index contributed by atoms with van der Waals surface area (Å²) in [6.07, 6.45) is 5.32. The fourth-order valence-corrected chi connectivity index (χ4v) is 2.15. The lowest BCUT2D eigenvalue weighted by Gasteiger charge is -2.21. The molecule has 0 atom stereocenters. The summed E-state index contributed by atoms with van der Waals surface area (Å²) >= 11 is 0. The van der Waals surface area contributed by atoms with Gasteiger partial charge in [0.1, 0.15) is 0 Å². The predicted octanol–water partition coefficient (Wildman–Crippen LogP) is 3.50. The molecule has 1 amide bonds. The van der Waals surface area contributed by atoms with Gasteiger partial charge in [-0.1, -0.05) is 26.7 Å². The second-order valence-electron chi connectivity index (χ2n) is 5.47. The van der Waals surface area contributed by atoms with E-state index in [1.54, 1.807) is 12.1 Å². The normalized spacial score (nSPS) is 10.8. The van der Waals surface area contributed by atoms with Gasteiger partial charge in [-0.3, -0.25) is 4.79 Å². The van der Waals surface area contributed by atoms with E-state index in [1.807, 2.05) is 12.1 Å². The summed E-state index contributed by atoms with van der Waals surface area (Å²) in [7, 11) is 0. The fraction of sp³-hybridized carbons (Fsp3) is 0.588. The van der Waals surface area contributed by atoms with Crippen LogP contribution in [0.15, 0.2) is 24.3 Å². The van der Waals surface area contributed by atoms with Crippen LogP contribution in [-0.4, -0.2) is 30.4 Å². The molecule has 0 spiro atoms. The maximum Gasteiger partial charge on any atom is 0.225 e. The molecule has 1 rings (SSSR count). The van der Waals surface area contributed by atoms with Crippen molar-refractivity contribution in [3.8, 4) is 0 Å². The minimum Gasteiger partial charge on any atom is -0.399 e. The molecule has 0 unspecified atom stereocenters. The topological polar surface area (TPSA) is 58.4 Å². The van der Waals surface area contributed by atoms with Crippen LogP contribution in [0.1, 0.15) is 46.0 Å². The molecule has 0 aliphatic carbocycles. The summed E-state index contributed by atoms with van der Waals surface area (Å²) in [5.41, 5.74) is 7.14. The molecule has 3 N–H and O–H groups in total. The molecule has 0 aromatic heterocycles. The Morgan fingerprint density at radius 1 is 1.05 bits per heavy atom. The molecule has 0 saturated heterocycles. The number of carbonyl (C=O) groups is 1. The van der Waals surface area contributed by atoms with Crippen molar-refractivity contribution in [3.05, 3.63) is 24.3 Å². The summed E-state index contributed by atoms with van der Waals surface area (Å²) in [5, 5.41) is 2.92. The van der Waals surface area contributed by atoms with E-state index in [-0.39, 0.29) is 5.91 Å². The first kappa shape index (κ1) is 17.5. The monoisotopic (exact) mass is 291 g/mol. The number of benzene rings is 1. The Kier molecular flexibility index (Phi) is 8.51. The lowest BCUT2D eigenvalue weighted by molar-refractivity contribution is -0.116. The Hall–Kier alpha value is -1.55. The molecule has 0 fully saturated rings. The maximum atomic E-state index is 12.0. The number of anilines is 2. The number of hydrogen-bond donors (Lipinski definition) is 2. The smallest absolute Gasteiger partial charge is 0.225 e. The highest BCUT2D eigenvalue weighted by Gasteiger charge is 2.08. The number of nitrogen functional groups attached to an aromatic ring is 1. The second kappa shape index (κ2) is 10.2. The Morgan fingerprint density at radius 3 is 2.14 bits per heavy atom. The van der Waals surface area contributed by atoms with Gasteiger partial charge in [-0.05, 0) is 50.2 Å². The van der Waals surface area contributed by atoms with Crippen molar-refractivity contribution < 1.29 is 4.79 Å². The third kappa shape index (κ3) is 7.71. The van der Waals surface area contributed by atoms with Gasteiger partial charge in [0.05, 0.1) is 0 Å². The molecule has 1 aromatic rings. The average Bonchev–Trinajstić information content (AvgIpc) is 2.49. The van der Waals surface area contributed by atoms with Gasteiger partial charge in [0, 0.05) is 24.3 Å². The highest BCUT2D eigenvalue weighted by molar-refractivity contribution is 5.90. The van der Waals surface area contributed by atoms with Crippen molar-refractivity contribution in [1.29, 1.82) is 0 Å². The Bertz CT molecular complexity index is 395. The van der Waals surface area contributed by atoms with Crippen LogP contribution in [0, 0.1) is 0 Å². The maximum absolute atomic E-state index is 12.0. The van der Waals surface area contributed by atoms with Crippen LogP contribution in [0.25, 0.3) is 0 Å². The molecular weight excluding hydrogens is 262 g/mol. The van der Waals surface area contributed by atoms with E-state index in [2.05, 4.69) is 24.1 Å². The van der Waals surface area contributed by atoms with E-state index in [4.69, 9.17) is 5.73 Å². The molecule has 0 bridgehead atoms. The second-order valence-corrected chi connectivity index (χ2v) is 5.47. The van der Waals surface area contributed by atoms with E-state index < -0.39 is 0 Å². The average molecular weight is 291 g/mol. The standard InChI is InChI=1S/C17H29N3O/c1-3-5-12-20(13-6-4-2)14-11-17(21)19-16-9-7-15(18)8-10-16/h7-10H,3-6,11-14,18H2,1-2H3,(H,19,21). The van der Waals surface area contributed by atoms with Crippen LogP contribution >= 0.6 is 0 Å². The number of nitrogens with one attached hydrogen (secondary N) is 1. The van der Waals surface area contributed by atoms with Crippen LogP contribution in [0.5, 0.6) is 0 Å². The van der Waals surface area contributed by atoms with Crippen LogP contribution < -0.4 is 11.1 Å². The summed E-state index contributed by atoms with van der Waals surface area (Å²) in [6, 6.07) is 7.26. The number of nitrogens with two attached hydrogens (primary N) is 1. The van der Waals surface area contributed by atoms with E-state index in [0.717, 1.165) is 25.3 Å². The summed E-state index contributed by atoms with van der Waals surface area (Å²) < 4.78 is 0. The van der Waals surface area contributed by atoms with Gasteiger partial charge in [-0.15, -0.1) is 0 Å². The van der Waals surface area contributed by atoms with Crippen molar-refractivity contribution in [2.75, 3.05) is 30.7 Å². The zero-order valence-corrected chi connectivity index (χ0v) is 13.4. The van der Waals surface area contributed by atoms with Crippen molar-refractivity contribution in [1.82, 2.24) is 4.90 Å². The largest absolute Gasteiger partial charge is 0.399 e. The van der Waals surface area contributed by atoms with Gasteiger partial charge in [-0.2, -0.15) is 0 Å². The molecule has 0 heterocycles. The first-order valence-corrected chi connectivity index (χ1v) is 8.03. The third-order valence-corrected chi connectivity index (χ3v) is 3.51. The van der Waals surface area contributed by atoms with Crippen molar-refractivity contribution in [2.45, 2.75) is 46.0 Å². The number of amides is 1. The Morgan fingerprint density at radius 2 is 1.62 bits per heavy atom. The molecule has 4 nitrogen and oxygen atoms in total. The highest BCUT2D eigenvalue weighted by atomic mass is 16.1.